The van der Waals surface area contributed by atoms with Gasteiger partial charge in [-0.25, -0.2) is 0 Å². The highest BCUT2D eigenvalue weighted by Crippen LogP contribution is 2.18. The monoisotopic (exact) mass is 816 g/mol. The van der Waals surface area contributed by atoms with E-state index in [-0.39, 0.29) is 24.9 Å². The van der Waals surface area contributed by atoms with E-state index in [2.05, 4.69) is 62.5 Å². The first-order valence-electron chi connectivity index (χ1n) is 25.2. The Labute approximate surface area is 360 Å². The lowest BCUT2D eigenvalue weighted by Crippen LogP contribution is -2.46. The first-order chi connectivity index (χ1) is 28.5. The van der Waals surface area contributed by atoms with Crippen LogP contribution >= 0.6 is 0 Å². The van der Waals surface area contributed by atoms with Gasteiger partial charge in [-0.05, 0) is 64.2 Å². The first-order valence-corrected chi connectivity index (χ1v) is 25.2. The Morgan fingerprint density at radius 3 is 1.36 bits per heavy atom. The molecule has 340 valence electrons. The second-order valence-electron chi connectivity index (χ2n) is 17.2. The maximum Gasteiger partial charge on any atom is 0.306 e. The zero-order valence-electron chi connectivity index (χ0n) is 38.7. The molecule has 3 N–H and O–H groups in total. The van der Waals surface area contributed by atoms with E-state index in [9.17, 15) is 19.8 Å². The molecule has 58 heavy (non-hydrogen) atoms. The average molecular weight is 816 g/mol. The van der Waals surface area contributed by atoms with Gasteiger partial charge in [0.1, 0.15) is 6.10 Å². The van der Waals surface area contributed by atoms with E-state index in [4.69, 9.17) is 4.74 Å². The van der Waals surface area contributed by atoms with E-state index in [0.29, 0.717) is 19.3 Å². The third-order valence-corrected chi connectivity index (χ3v) is 11.5. The summed E-state index contributed by atoms with van der Waals surface area (Å²) < 4.78 is 5.91. The highest BCUT2D eigenvalue weighted by molar-refractivity contribution is 5.77. The van der Waals surface area contributed by atoms with Crippen LogP contribution in [-0.4, -0.2) is 46.9 Å². The Morgan fingerprint density at radius 1 is 0.500 bits per heavy atom. The number of hydrogen-bond acceptors (Lipinski definition) is 5. The SMILES string of the molecule is CCCCC/C=C\C/C=C\C/C=C\CCCCCCC(CC(=O)NC(CO)C(O)CCCCCCCCCCCCCC)OC(=O)CCCCCCCCCCCC. The largest absolute Gasteiger partial charge is 0.462 e. The highest BCUT2D eigenvalue weighted by Gasteiger charge is 2.24. The normalized spacial score (nSPS) is 13.5. The molecule has 0 saturated heterocycles. The van der Waals surface area contributed by atoms with E-state index in [0.717, 1.165) is 83.5 Å². The average Bonchev–Trinajstić information content (AvgIpc) is 3.22. The number of nitrogens with one attached hydrogen (secondary N) is 1. The quantitative estimate of drug-likeness (QED) is 0.0323. The summed E-state index contributed by atoms with van der Waals surface area (Å²) >= 11 is 0. The molecule has 0 aliphatic heterocycles. The van der Waals surface area contributed by atoms with Crippen molar-refractivity contribution in [3.05, 3.63) is 36.5 Å². The summed E-state index contributed by atoms with van der Waals surface area (Å²) in [7, 11) is 0. The van der Waals surface area contributed by atoms with Crippen LogP contribution in [0.25, 0.3) is 0 Å². The Bertz CT molecular complexity index is 961. The highest BCUT2D eigenvalue weighted by atomic mass is 16.5. The fraction of sp³-hybridized carbons (Fsp3) is 0.846. The number of unbranched alkanes of at least 4 members (excludes halogenated alkanes) is 27. The second-order valence-corrected chi connectivity index (χ2v) is 17.2. The van der Waals surface area contributed by atoms with Gasteiger partial charge < -0.3 is 20.3 Å². The standard InChI is InChI=1S/C52H97NO5/c1-4-7-10-13-16-19-22-24-25-26-27-28-29-31-34-37-40-43-48(58-52(57)45-42-39-36-33-21-18-15-12-9-6-3)46-51(56)53-49(47-54)50(55)44-41-38-35-32-30-23-20-17-14-11-8-5-2/h16,19,24-25,27-28,48-50,54-55H,4-15,17-18,20-23,26,29-47H2,1-3H3,(H,53,56)/b19-16-,25-24-,28-27-. The number of carbonyl (C=O) groups is 2. The summed E-state index contributed by atoms with van der Waals surface area (Å²) in [5.41, 5.74) is 0. The smallest absolute Gasteiger partial charge is 0.306 e. The fourth-order valence-electron chi connectivity index (χ4n) is 7.61. The lowest BCUT2D eigenvalue weighted by Gasteiger charge is -2.24. The molecule has 0 aromatic carbocycles. The number of esters is 1. The van der Waals surface area contributed by atoms with Crippen LogP contribution in [-0.2, 0) is 14.3 Å². The van der Waals surface area contributed by atoms with Crippen molar-refractivity contribution in [2.45, 2.75) is 277 Å². The molecular formula is C52H97NO5. The van der Waals surface area contributed by atoms with Gasteiger partial charge in [0.15, 0.2) is 0 Å². The predicted molar refractivity (Wildman–Crippen MR) is 250 cm³/mol. The van der Waals surface area contributed by atoms with Gasteiger partial charge >= 0.3 is 5.97 Å². The molecule has 0 rings (SSSR count). The van der Waals surface area contributed by atoms with E-state index < -0.39 is 18.2 Å². The Morgan fingerprint density at radius 2 is 0.879 bits per heavy atom. The van der Waals surface area contributed by atoms with Crippen LogP contribution in [0, 0.1) is 0 Å². The van der Waals surface area contributed by atoms with Crippen LogP contribution < -0.4 is 5.32 Å². The number of carbonyl (C=O) groups excluding carboxylic acids is 2. The van der Waals surface area contributed by atoms with Crippen molar-refractivity contribution in [3.63, 3.8) is 0 Å². The number of aliphatic hydroxyl groups is 2. The summed E-state index contributed by atoms with van der Waals surface area (Å²) in [5.74, 6) is -0.489. The van der Waals surface area contributed by atoms with Crippen molar-refractivity contribution in [2.75, 3.05) is 6.61 Å². The number of ether oxygens (including phenoxy) is 1. The Hall–Kier alpha value is -1.92. The predicted octanol–water partition coefficient (Wildman–Crippen LogP) is 14.9. The van der Waals surface area contributed by atoms with Crippen molar-refractivity contribution in [1.82, 2.24) is 5.32 Å². The molecule has 0 radical (unpaired) electrons. The van der Waals surface area contributed by atoms with Crippen molar-refractivity contribution < 1.29 is 24.5 Å². The van der Waals surface area contributed by atoms with Gasteiger partial charge in [-0.3, -0.25) is 9.59 Å². The molecule has 0 bridgehead atoms. The molecular weight excluding hydrogens is 719 g/mol. The number of allylic oxidation sites excluding steroid dienone is 6. The van der Waals surface area contributed by atoms with E-state index in [1.165, 1.54) is 128 Å². The molecule has 3 atom stereocenters. The Balaban J connectivity index is 4.61. The van der Waals surface area contributed by atoms with E-state index in [1.54, 1.807) is 0 Å². The lowest BCUT2D eigenvalue weighted by atomic mass is 10.0. The molecule has 6 heteroatoms. The third-order valence-electron chi connectivity index (χ3n) is 11.5. The molecule has 0 heterocycles. The van der Waals surface area contributed by atoms with Crippen LogP contribution in [0.15, 0.2) is 36.5 Å². The Kier molecular flexibility index (Phi) is 44.6. The topological polar surface area (TPSA) is 95.9 Å². The van der Waals surface area contributed by atoms with Crippen molar-refractivity contribution in [3.8, 4) is 0 Å². The van der Waals surface area contributed by atoms with Crippen molar-refractivity contribution in [2.24, 2.45) is 0 Å². The minimum Gasteiger partial charge on any atom is -0.462 e. The van der Waals surface area contributed by atoms with Gasteiger partial charge in [-0.2, -0.15) is 0 Å². The molecule has 0 aliphatic rings. The minimum atomic E-state index is -0.790. The minimum absolute atomic E-state index is 0.0660. The lowest BCUT2D eigenvalue weighted by molar-refractivity contribution is -0.151. The molecule has 3 unspecified atom stereocenters. The number of hydrogen-bond donors (Lipinski definition) is 3. The van der Waals surface area contributed by atoms with Crippen LogP contribution in [0.5, 0.6) is 0 Å². The van der Waals surface area contributed by atoms with E-state index >= 15 is 0 Å². The molecule has 6 nitrogen and oxygen atoms in total. The summed E-state index contributed by atoms with van der Waals surface area (Å²) in [5, 5.41) is 23.7. The summed E-state index contributed by atoms with van der Waals surface area (Å²) in [4.78, 5) is 26.1. The number of rotatable bonds is 45. The van der Waals surface area contributed by atoms with Gasteiger partial charge in [0.25, 0.3) is 0 Å². The maximum atomic E-state index is 13.2. The van der Waals surface area contributed by atoms with Crippen LogP contribution in [0.2, 0.25) is 0 Å². The molecule has 0 aliphatic carbocycles. The summed E-state index contributed by atoms with van der Waals surface area (Å²) in [6, 6.07) is -0.705. The molecule has 0 aromatic rings. The zero-order valence-corrected chi connectivity index (χ0v) is 38.7. The first kappa shape index (κ1) is 56.1. The van der Waals surface area contributed by atoms with Gasteiger partial charge in [-0.15, -0.1) is 0 Å². The van der Waals surface area contributed by atoms with Crippen LogP contribution in [0.1, 0.15) is 258 Å². The maximum absolute atomic E-state index is 13.2. The zero-order chi connectivity index (χ0) is 42.4. The fourth-order valence-corrected chi connectivity index (χ4v) is 7.61. The van der Waals surface area contributed by atoms with E-state index in [1.807, 2.05) is 0 Å². The molecule has 1 amide bonds. The van der Waals surface area contributed by atoms with Gasteiger partial charge in [0.2, 0.25) is 5.91 Å². The third kappa shape index (κ3) is 40.8. The molecule has 0 spiro atoms. The molecule has 0 aromatic heterocycles. The van der Waals surface area contributed by atoms with Gasteiger partial charge in [0, 0.05) is 6.42 Å². The summed E-state index contributed by atoms with van der Waals surface area (Å²) in [6.07, 6.45) is 53.4. The van der Waals surface area contributed by atoms with Crippen LogP contribution in [0.3, 0.4) is 0 Å². The van der Waals surface area contributed by atoms with Crippen molar-refractivity contribution >= 4 is 11.9 Å². The van der Waals surface area contributed by atoms with Crippen LogP contribution in [0.4, 0.5) is 0 Å². The van der Waals surface area contributed by atoms with Gasteiger partial charge in [0.05, 0.1) is 25.2 Å². The molecule has 0 fully saturated rings. The summed E-state index contributed by atoms with van der Waals surface area (Å²) in [6.45, 7) is 6.44. The van der Waals surface area contributed by atoms with Gasteiger partial charge in [-0.1, -0.05) is 218 Å². The second kappa shape index (κ2) is 46.2. The van der Waals surface area contributed by atoms with Crippen molar-refractivity contribution in [1.29, 1.82) is 0 Å². The number of aliphatic hydroxyl groups excluding tert-OH is 2. The number of amides is 1. The molecule has 0 saturated carbocycles.